The molecule has 0 aliphatic carbocycles. The van der Waals surface area contributed by atoms with Gasteiger partial charge in [0.1, 0.15) is 12.4 Å². The first kappa shape index (κ1) is 26.8. The van der Waals surface area contributed by atoms with Gasteiger partial charge in [0, 0.05) is 11.1 Å². The molecular weight excluding hydrogens is 471 g/mol. The van der Waals surface area contributed by atoms with E-state index in [0.717, 1.165) is 31.4 Å². The van der Waals surface area contributed by atoms with Gasteiger partial charge in [0.15, 0.2) is 11.6 Å². The summed E-state index contributed by atoms with van der Waals surface area (Å²) in [7, 11) is 1.38. The molecule has 2 aromatic carbocycles. The van der Waals surface area contributed by atoms with Crippen LogP contribution in [-0.2, 0) is 17.8 Å². The van der Waals surface area contributed by atoms with Crippen molar-refractivity contribution >= 4 is 16.8 Å². The van der Waals surface area contributed by atoms with E-state index in [4.69, 9.17) is 9.72 Å². The first-order chi connectivity index (χ1) is 17.6. The lowest BCUT2D eigenvalue weighted by atomic mass is 10.1. The number of carbonyl (C=O) groups excluding carboxylic acids is 1. The van der Waals surface area contributed by atoms with Crippen molar-refractivity contribution in [2.75, 3.05) is 26.7 Å². The molecule has 1 amide bonds. The maximum atomic E-state index is 14.1. The fourth-order valence-corrected chi connectivity index (χ4v) is 4.86. The minimum Gasteiger partial charge on any atom is -0.494 e. The van der Waals surface area contributed by atoms with Crippen molar-refractivity contribution in [2.24, 2.45) is 0 Å². The summed E-state index contributed by atoms with van der Waals surface area (Å²) in [5.74, 6) is -0.482. The number of benzene rings is 2. The summed E-state index contributed by atoms with van der Waals surface area (Å²) >= 11 is 0. The van der Waals surface area contributed by atoms with Gasteiger partial charge in [-0.1, -0.05) is 6.07 Å². The quantitative estimate of drug-likeness (QED) is 0.430. The van der Waals surface area contributed by atoms with Crippen molar-refractivity contribution in [3.8, 4) is 17.1 Å². The van der Waals surface area contributed by atoms with Gasteiger partial charge in [0.25, 0.3) is 5.56 Å². The Morgan fingerprint density at radius 3 is 2.57 bits per heavy atom. The maximum absolute atomic E-state index is 14.1. The largest absolute Gasteiger partial charge is 0.494 e. The topological polar surface area (TPSA) is 76.5 Å². The summed E-state index contributed by atoms with van der Waals surface area (Å²) in [6.07, 6.45) is 5.64. The number of carbonyl (C=O) groups is 1. The average molecular weight is 509 g/mol. The van der Waals surface area contributed by atoms with Crippen molar-refractivity contribution in [1.29, 1.82) is 0 Å². The Bertz CT molecular complexity index is 1320. The van der Waals surface area contributed by atoms with E-state index in [1.165, 1.54) is 49.7 Å². The van der Waals surface area contributed by atoms with Crippen LogP contribution >= 0.6 is 0 Å². The monoisotopic (exact) mass is 508 g/mol. The van der Waals surface area contributed by atoms with E-state index in [1.807, 2.05) is 39.0 Å². The second-order valence-corrected chi connectivity index (χ2v) is 10.8. The summed E-state index contributed by atoms with van der Waals surface area (Å²) in [6.45, 7) is 8.97. The van der Waals surface area contributed by atoms with Crippen LogP contribution < -0.4 is 15.6 Å². The zero-order chi connectivity index (χ0) is 26.6. The molecule has 1 aliphatic heterocycles. The highest BCUT2D eigenvalue weighted by Crippen LogP contribution is 2.26. The molecule has 0 spiro atoms. The molecule has 0 atom stereocenters. The first-order valence-corrected chi connectivity index (χ1v) is 13.1. The number of hydrogen-bond acceptors (Lipinski definition) is 5. The van der Waals surface area contributed by atoms with Gasteiger partial charge in [0.2, 0.25) is 5.91 Å². The summed E-state index contributed by atoms with van der Waals surface area (Å²) < 4.78 is 20.6. The highest BCUT2D eigenvalue weighted by molar-refractivity contribution is 5.82. The van der Waals surface area contributed by atoms with Gasteiger partial charge in [0.05, 0.1) is 18.0 Å². The number of aromatic nitrogens is 2. The van der Waals surface area contributed by atoms with Gasteiger partial charge in [-0.25, -0.2) is 9.37 Å². The minimum absolute atomic E-state index is 0.0433. The molecule has 0 unspecified atom stereocenters. The second-order valence-electron chi connectivity index (χ2n) is 10.8. The molecule has 8 heteroatoms. The number of nitrogens with one attached hydrogen (secondary N) is 1. The van der Waals surface area contributed by atoms with E-state index in [2.05, 4.69) is 10.2 Å². The predicted molar refractivity (Wildman–Crippen MR) is 144 cm³/mol. The van der Waals surface area contributed by atoms with Crippen molar-refractivity contribution < 1.29 is 13.9 Å². The zero-order valence-electron chi connectivity index (χ0n) is 22.3. The normalized spacial score (nSPS) is 14.3. The van der Waals surface area contributed by atoms with Crippen LogP contribution in [0.25, 0.3) is 22.3 Å². The molecule has 3 aromatic rings. The molecule has 198 valence electrons. The number of aryl methyl sites for hydroxylation is 1. The molecule has 0 saturated carbocycles. The second kappa shape index (κ2) is 11.4. The van der Waals surface area contributed by atoms with Crippen molar-refractivity contribution in [3.05, 3.63) is 58.1 Å². The fraction of sp³-hybridized carbons (Fsp3) is 0.483. The van der Waals surface area contributed by atoms with Crippen LogP contribution in [0.1, 0.15) is 52.0 Å². The fourth-order valence-electron chi connectivity index (χ4n) is 4.86. The maximum Gasteiger partial charge on any atom is 0.262 e. The number of nitrogens with zero attached hydrogens (tertiary/aromatic N) is 3. The smallest absolute Gasteiger partial charge is 0.262 e. The van der Waals surface area contributed by atoms with Gasteiger partial charge in [-0.3, -0.25) is 14.2 Å². The molecule has 1 aromatic heterocycles. The van der Waals surface area contributed by atoms with Gasteiger partial charge in [-0.15, -0.1) is 0 Å². The molecule has 0 bridgehead atoms. The predicted octanol–water partition coefficient (Wildman–Crippen LogP) is 4.54. The molecule has 1 saturated heterocycles. The van der Waals surface area contributed by atoms with Crippen LogP contribution in [0.5, 0.6) is 5.75 Å². The number of rotatable bonds is 9. The summed E-state index contributed by atoms with van der Waals surface area (Å²) in [5.41, 5.74) is 1.36. The van der Waals surface area contributed by atoms with E-state index < -0.39 is 11.4 Å². The molecule has 4 rings (SSSR count). The Kier molecular flexibility index (Phi) is 8.27. The summed E-state index contributed by atoms with van der Waals surface area (Å²) in [6, 6.07) is 10.1. The lowest BCUT2D eigenvalue weighted by Crippen LogP contribution is -2.43. The molecule has 2 heterocycles. The number of halogens is 1. The highest BCUT2D eigenvalue weighted by atomic mass is 19.1. The SMILES string of the molecule is COc1cc(-c2nc3ccc(CCCCN4CCCC4)cc3c(=O)n2CC(=O)NC(C)(C)C)ccc1F. The highest BCUT2D eigenvalue weighted by Gasteiger charge is 2.20. The average Bonchev–Trinajstić information content (AvgIpc) is 3.36. The molecule has 1 N–H and O–H groups in total. The number of likely N-dealkylation sites (tertiary alicyclic amines) is 1. The summed E-state index contributed by atoms with van der Waals surface area (Å²) in [4.78, 5) is 33.8. The molecular formula is C29H37FN4O3. The third-order valence-corrected chi connectivity index (χ3v) is 6.63. The third kappa shape index (κ3) is 6.74. The molecule has 7 nitrogen and oxygen atoms in total. The molecule has 1 fully saturated rings. The summed E-state index contributed by atoms with van der Waals surface area (Å²) in [5, 5.41) is 3.38. The number of hydrogen-bond donors (Lipinski definition) is 1. The lowest BCUT2D eigenvalue weighted by Gasteiger charge is -2.22. The molecule has 0 radical (unpaired) electrons. The Hall–Kier alpha value is -3.26. The number of ether oxygens (including phenoxy) is 1. The van der Waals surface area contributed by atoms with E-state index in [0.29, 0.717) is 22.3 Å². The Balaban J connectivity index is 1.67. The molecule has 37 heavy (non-hydrogen) atoms. The minimum atomic E-state index is -0.513. The van der Waals surface area contributed by atoms with Crippen molar-refractivity contribution in [2.45, 2.75) is 65.0 Å². The number of unbranched alkanes of at least 4 members (excludes halogenated alkanes) is 1. The van der Waals surface area contributed by atoms with Crippen LogP contribution in [0.3, 0.4) is 0 Å². The van der Waals surface area contributed by atoms with Crippen molar-refractivity contribution in [1.82, 2.24) is 19.8 Å². The Labute approximate surface area is 217 Å². The Morgan fingerprint density at radius 2 is 1.86 bits per heavy atom. The van der Waals surface area contributed by atoms with Crippen molar-refractivity contribution in [3.63, 3.8) is 0 Å². The van der Waals surface area contributed by atoms with Gasteiger partial charge in [-0.2, -0.15) is 0 Å². The number of methoxy groups -OCH3 is 1. The van der Waals surface area contributed by atoms with E-state index in [9.17, 15) is 14.0 Å². The van der Waals surface area contributed by atoms with Crippen LogP contribution in [-0.4, -0.2) is 52.6 Å². The lowest BCUT2D eigenvalue weighted by molar-refractivity contribution is -0.123. The molecule has 1 aliphatic rings. The number of amides is 1. The van der Waals surface area contributed by atoms with Gasteiger partial charge in [-0.05, 0) is 108 Å². The van der Waals surface area contributed by atoms with Crippen LogP contribution in [0, 0.1) is 5.82 Å². The van der Waals surface area contributed by atoms with E-state index in [1.54, 1.807) is 6.07 Å². The van der Waals surface area contributed by atoms with Gasteiger partial charge < -0.3 is 15.0 Å². The van der Waals surface area contributed by atoms with E-state index in [-0.39, 0.29) is 23.8 Å². The van der Waals surface area contributed by atoms with Crippen LogP contribution in [0.2, 0.25) is 0 Å². The Morgan fingerprint density at radius 1 is 1.11 bits per heavy atom. The van der Waals surface area contributed by atoms with E-state index >= 15 is 0 Å². The number of fused-ring (bicyclic) bond motifs is 1. The first-order valence-electron chi connectivity index (χ1n) is 13.1. The van der Waals surface area contributed by atoms with Crippen LogP contribution in [0.15, 0.2) is 41.2 Å². The standard InChI is InChI=1S/C29H37FN4O3/c1-29(2,3)32-26(35)19-34-27(21-11-12-23(30)25(18-21)37-4)31-24-13-10-20(17-22(24)28(34)36)9-5-6-14-33-15-7-8-16-33/h10-13,17-18H,5-9,14-16,19H2,1-4H3,(H,32,35). The third-order valence-electron chi connectivity index (χ3n) is 6.63. The van der Waals surface area contributed by atoms with Gasteiger partial charge >= 0.3 is 0 Å². The zero-order valence-corrected chi connectivity index (χ0v) is 22.3. The van der Waals surface area contributed by atoms with Crippen LogP contribution in [0.4, 0.5) is 4.39 Å².